The topological polar surface area (TPSA) is 29.1 Å². The van der Waals surface area contributed by atoms with Crippen LogP contribution < -0.4 is 5.32 Å². The van der Waals surface area contributed by atoms with Crippen molar-refractivity contribution in [3.63, 3.8) is 0 Å². The Hall–Kier alpha value is -0.530. The molecule has 0 radical (unpaired) electrons. The molecule has 2 nitrogen and oxygen atoms in total. The number of hydrogen-bond donors (Lipinski definition) is 1. The Bertz CT molecular complexity index is 181. The Labute approximate surface area is 80.1 Å². The first-order valence-corrected chi connectivity index (χ1v) is 5.64. The van der Waals surface area contributed by atoms with Gasteiger partial charge in [0.05, 0.1) is 0 Å². The number of rotatable bonds is 3. The summed E-state index contributed by atoms with van der Waals surface area (Å²) in [5, 5.41) is 3.08. The third-order valence-electron chi connectivity index (χ3n) is 3.24. The van der Waals surface area contributed by atoms with Gasteiger partial charge in [0, 0.05) is 12.5 Å². The maximum Gasteiger partial charge on any atom is 0.223 e. The average Bonchev–Trinajstić information content (AvgIpc) is 2.99. The molecule has 0 aromatic heterocycles. The van der Waals surface area contributed by atoms with Crippen molar-refractivity contribution >= 4 is 5.91 Å². The molecule has 1 N–H and O–H groups in total. The fraction of sp³-hybridized carbons (Fsp3) is 0.909. The molecule has 2 rings (SSSR count). The molecule has 0 bridgehead atoms. The van der Waals surface area contributed by atoms with E-state index in [2.05, 4.69) is 5.32 Å². The van der Waals surface area contributed by atoms with Crippen LogP contribution in [-0.2, 0) is 4.79 Å². The Balaban J connectivity index is 1.67. The summed E-state index contributed by atoms with van der Waals surface area (Å²) in [5.74, 6) is 1.48. The molecule has 0 saturated heterocycles. The van der Waals surface area contributed by atoms with Crippen LogP contribution in [0, 0.1) is 11.8 Å². The monoisotopic (exact) mass is 181 g/mol. The van der Waals surface area contributed by atoms with Crippen molar-refractivity contribution < 1.29 is 4.79 Å². The van der Waals surface area contributed by atoms with E-state index in [-0.39, 0.29) is 0 Å². The van der Waals surface area contributed by atoms with Gasteiger partial charge in [0.15, 0.2) is 0 Å². The van der Waals surface area contributed by atoms with E-state index in [1.54, 1.807) is 0 Å². The zero-order chi connectivity index (χ0) is 9.10. The Morgan fingerprint density at radius 1 is 1.08 bits per heavy atom. The lowest BCUT2D eigenvalue weighted by atomic mass is 9.89. The highest BCUT2D eigenvalue weighted by molar-refractivity contribution is 5.78. The molecule has 0 aliphatic heterocycles. The summed E-state index contributed by atoms with van der Waals surface area (Å²) in [5.41, 5.74) is 0. The molecule has 2 aliphatic rings. The van der Waals surface area contributed by atoms with Crippen molar-refractivity contribution in [2.24, 2.45) is 11.8 Å². The summed E-state index contributed by atoms with van der Waals surface area (Å²) < 4.78 is 0. The third-order valence-corrected chi connectivity index (χ3v) is 3.24. The lowest BCUT2D eigenvalue weighted by molar-refractivity contribution is -0.125. The van der Waals surface area contributed by atoms with E-state index in [9.17, 15) is 4.79 Å². The molecular formula is C11H19NO. The standard InChI is InChI=1S/C11H19NO/c13-11(12-8-9-6-7-9)10-4-2-1-3-5-10/h9-10H,1-8H2,(H,12,13). The van der Waals surface area contributed by atoms with Gasteiger partial charge in [-0.15, -0.1) is 0 Å². The quantitative estimate of drug-likeness (QED) is 0.709. The van der Waals surface area contributed by atoms with E-state index in [1.807, 2.05) is 0 Å². The molecule has 1 amide bonds. The van der Waals surface area contributed by atoms with Gasteiger partial charge in [0.1, 0.15) is 0 Å². The van der Waals surface area contributed by atoms with Crippen LogP contribution in [-0.4, -0.2) is 12.5 Å². The zero-order valence-electron chi connectivity index (χ0n) is 8.22. The van der Waals surface area contributed by atoms with E-state index in [0.717, 1.165) is 25.3 Å². The second-order valence-corrected chi connectivity index (χ2v) is 4.52. The van der Waals surface area contributed by atoms with Crippen molar-refractivity contribution in [2.75, 3.05) is 6.54 Å². The fourth-order valence-electron chi connectivity index (χ4n) is 2.08. The van der Waals surface area contributed by atoms with Crippen LogP contribution in [0.2, 0.25) is 0 Å². The summed E-state index contributed by atoms with van der Waals surface area (Å²) in [6.45, 7) is 0.940. The molecule has 0 spiro atoms. The highest BCUT2D eigenvalue weighted by atomic mass is 16.1. The van der Waals surface area contributed by atoms with E-state index in [4.69, 9.17) is 0 Å². The van der Waals surface area contributed by atoms with E-state index >= 15 is 0 Å². The first kappa shape index (κ1) is 9.04. The van der Waals surface area contributed by atoms with Crippen molar-refractivity contribution in [1.29, 1.82) is 0 Å². The minimum atomic E-state index is 0.326. The Morgan fingerprint density at radius 3 is 2.38 bits per heavy atom. The van der Waals surface area contributed by atoms with Crippen molar-refractivity contribution in [3.8, 4) is 0 Å². The van der Waals surface area contributed by atoms with Crippen LogP contribution in [0.5, 0.6) is 0 Å². The smallest absolute Gasteiger partial charge is 0.223 e. The molecular weight excluding hydrogens is 162 g/mol. The molecule has 0 atom stereocenters. The van der Waals surface area contributed by atoms with Crippen LogP contribution >= 0.6 is 0 Å². The molecule has 2 fully saturated rings. The maximum absolute atomic E-state index is 11.6. The van der Waals surface area contributed by atoms with Gasteiger partial charge in [-0.05, 0) is 31.6 Å². The lowest BCUT2D eigenvalue weighted by Crippen LogP contribution is -2.33. The average molecular weight is 181 g/mol. The van der Waals surface area contributed by atoms with Gasteiger partial charge < -0.3 is 5.32 Å². The van der Waals surface area contributed by atoms with Gasteiger partial charge in [0.2, 0.25) is 5.91 Å². The largest absolute Gasteiger partial charge is 0.356 e. The number of carbonyl (C=O) groups is 1. The van der Waals surface area contributed by atoms with Crippen LogP contribution in [0.3, 0.4) is 0 Å². The first-order valence-electron chi connectivity index (χ1n) is 5.64. The molecule has 2 aliphatic carbocycles. The predicted molar refractivity (Wildman–Crippen MR) is 52.3 cm³/mol. The highest BCUT2D eigenvalue weighted by Gasteiger charge is 2.25. The number of hydrogen-bond acceptors (Lipinski definition) is 1. The van der Waals surface area contributed by atoms with Crippen LogP contribution in [0.15, 0.2) is 0 Å². The number of nitrogens with one attached hydrogen (secondary N) is 1. The van der Waals surface area contributed by atoms with Crippen molar-refractivity contribution in [2.45, 2.75) is 44.9 Å². The zero-order valence-corrected chi connectivity index (χ0v) is 8.22. The molecule has 0 aromatic carbocycles. The summed E-state index contributed by atoms with van der Waals surface area (Å²) in [6, 6.07) is 0. The van der Waals surface area contributed by atoms with E-state index < -0.39 is 0 Å². The maximum atomic E-state index is 11.6. The molecule has 74 valence electrons. The normalized spacial score (nSPS) is 24.3. The van der Waals surface area contributed by atoms with Gasteiger partial charge in [-0.1, -0.05) is 19.3 Å². The molecule has 2 saturated carbocycles. The highest BCUT2D eigenvalue weighted by Crippen LogP contribution is 2.28. The Kier molecular flexibility index (Phi) is 2.87. The minimum absolute atomic E-state index is 0.326. The SMILES string of the molecule is O=C(NCC1CC1)C1CCCCC1. The molecule has 0 unspecified atom stereocenters. The minimum Gasteiger partial charge on any atom is -0.356 e. The third kappa shape index (κ3) is 2.71. The van der Waals surface area contributed by atoms with Gasteiger partial charge in [0.25, 0.3) is 0 Å². The van der Waals surface area contributed by atoms with Crippen molar-refractivity contribution in [3.05, 3.63) is 0 Å². The Morgan fingerprint density at radius 2 is 1.77 bits per heavy atom. The second-order valence-electron chi connectivity index (χ2n) is 4.52. The van der Waals surface area contributed by atoms with Gasteiger partial charge in [-0.25, -0.2) is 0 Å². The lowest BCUT2D eigenvalue weighted by Gasteiger charge is -2.20. The molecule has 2 heteroatoms. The number of amides is 1. The molecule has 0 heterocycles. The van der Waals surface area contributed by atoms with Crippen LogP contribution in [0.1, 0.15) is 44.9 Å². The fourth-order valence-corrected chi connectivity index (χ4v) is 2.08. The van der Waals surface area contributed by atoms with Gasteiger partial charge in [-0.2, -0.15) is 0 Å². The van der Waals surface area contributed by atoms with Gasteiger partial charge >= 0.3 is 0 Å². The van der Waals surface area contributed by atoms with E-state index in [0.29, 0.717) is 11.8 Å². The van der Waals surface area contributed by atoms with Gasteiger partial charge in [-0.3, -0.25) is 4.79 Å². The number of carbonyl (C=O) groups excluding carboxylic acids is 1. The summed E-state index contributed by atoms with van der Waals surface area (Å²) in [6.07, 6.45) is 8.72. The van der Waals surface area contributed by atoms with E-state index in [1.165, 1.54) is 32.1 Å². The summed E-state index contributed by atoms with van der Waals surface area (Å²) >= 11 is 0. The van der Waals surface area contributed by atoms with Crippen molar-refractivity contribution in [1.82, 2.24) is 5.32 Å². The molecule has 0 aromatic rings. The summed E-state index contributed by atoms with van der Waals surface area (Å²) in [4.78, 5) is 11.6. The van der Waals surface area contributed by atoms with Crippen LogP contribution in [0.4, 0.5) is 0 Å². The second kappa shape index (κ2) is 4.12. The first-order chi connectivity index (χ1) is 6.36. The summed E-state index contributed by atoms with van der Waals surface area (Å²) in [7, 11) is 0. The molecule has 13 heavy (non-hydrogen) atoms. The van der Waals surface area contributed by atoms with Crippen LogP contribution in [0.25, 0.3) is 0 Å². The predicted octanol–water partition coefficient (Wildman–Crippen LogP) is 2.09.